The Hall–Kier alpha value is -1.84. The van der Waals surface area contributed by atoms with Crippen LogP contribution in [0.25, 0.3) is 0 Å². The summed E-state index contributed by atoms with van der Waals surface area (Å²) in [5.74, 6) is 0.530. The number of carbonyl (C=O) groups excluding carboxylic acids is 2. The average molecular weight is 459 g/mol. The van der Waals surface area contributed by atoms with Gasteiger partial charge >= 0.3 is 6.03 Å². The minimum Gasteiger partial charge on any atom is -0.354 e. The summed E-state index contributed by atoms with van der Waals surface area (Å²) >= 11 is 0. The van der Waals surface area contributed by atoms with Gasteiger partial charge in [0.1, 0.15) is 0 Å². The molecule has 1 aromatic carbocycles. The predicted octanol–water partition coefficient (Wildman–Crippen LogP) is 1.43. The van der Waals surface area contributed by atoms with Gasteiger partial charge < -0.3 is 15.5 Å². The molecular formula is C17H26IN5O2. The van der Waals surface area contributed by atoms with Crippen LogP contribution in [0.4, 0.5) is 4.79 Å². The minimum atomic E-state index is -0.332. The topological polar surface area (TPSA) is 77.0 Å². The van der Waals surface area contributed by atoms with E-state index in [1.165, 1.54) is 16.0 Å². The Labute approximate surface area is 165 Å². The normalized spacial score (nSPS) is 14.2. The van der Waals surface area contributed by atoms with Crippen molar-refractivity contribution in [3.63, 3.8) is 0 Å². The lowest BCUT2D eigenvalue weighted by Gasteiger charge is -2.23. The Kier molecular flexibility index (Phi) is 8.67. The summed E-state index contributed by atoms with van der Waals surface area (Å²) in [6.07, 6.45) is 1.03. The molecule has 2 N–H and O–H groups in total. The molecule has 2 rings (SSSR count). The lowest BCUT2D eigenvalue weighted by molar-refractivity contribution is -0.124. The number of hydrogen-bond acceptors (Lipinski definition) is 3. The van der Waals surface area contributed by atoms with Gasteiger partial charge in [0.05, 0.1) is 6.54 Å². The van der Waals surface area contributed by atoms with Crippen molar-refractivity contribution in [3.05, 3.63) is 35.4 Å². The molecular weight excluding hydrogens is 433 g/mol. The first-order chi connectivity index (χ1) is 11.5. The van der Waals surface area contributed by atoms with Crippen molar-refractivity contribution >= 4 is 41.9 Å². The van der Waals surface area contributed by atoms with E-state index in [1.54, 1.807) is 7.05 Å². The fourth-order valence-electron chi connectivity index (χ4n) is 2.57. The van der Waals surface area contributed by atoms with Gasteiger partial charge in [-0.05, 0) is 17.5 Å². The molecule has 0 bridgehead atoms. The summed E-state index contributed by atoms with van der Waals surface area (Å²) in [4.78, 5) is 30.5. The largest absolute Gasteiger partial charge is 0.354 e. The van der Waals surface area contributed by atoms with E-state index >= 15 is 0 Å². The maximum absolute atomic E-state index is 11.5. The average Bonchev–Trinajstić information content (AvgIpc) is 2.91. The number of imide groups is 1. The first kappa shape index (κ1) is 21.2. The minimum absolute atomic E-state index is 0. The van der Waals surface area contributed by atoms with Crippen LogP contribution in [0.2, 0.25) is 0 Å². The predicted molar refractivity (Wildman–Crippen MR) is 109 cm³/mol. The van der Waals surface area contributed by atoms with Gasteiger partial charge in [-0.3, -0.25) is 14.7 Å². The fraction of sp³-hybridized carbons (Fsp3) is 0.471. The lowest BCUT2D eigenvalue weighted by atomic mass is 10.1. The Morgan fingerprint density at radius 2 is 1.92 bits per heavy atom. The highest BCUT2D eigenvalue weighted by Gasteiger charge is 2.27. The number of aliphatic imine (C=N–C) groups is 1. The number of nitrogens with zero attached hydrogens (tertiary/aromatic N) is 3. The number of urea groups is 1. The van der Waals surface area contributed by atoms with E-state index in [0.717, 1.165) is 18.9 Å². The summed E-state index contributed by atoms with van der Waals surface area (Å²) in [7, 11) is 3.67. The molecule has 1 aromatic rings. The van der Waals surface area contributed by atoms with Crippen LogP contribution >= 0.6 is 24.0 Å². The molecule has 7 nitrogen and oxygen atoms in total. The zero-order valence-corrected chi connectivity index (χ0v) is 17.2. The van der Waals surface area contributed by atoms with E-state index in [4.69, 9.17) is 0 Å². The van der Waals surface area contributed by atoms with Gasteiger partial charge in [-0.15, -0.1) is 24.0 Å². The van der Waals surface area contributed by atoms with Crippen LogP contribution in [-0.4, -0.2) is 61.4 Å². The molecule has 0 aromatic heterocycles. The van der Waals surface area contributed by atoms with Gasteiger partial charge in [0.15, 0.2) is 5.96 Å². The van der Waals surface area contributed by atoms with E-state index in [1.807, 2.05) is 11.9 Å². The van der Waals surface area contributed by atoms with Crippen LogP contribution in [-0.2, 0) is 17.8 Å². The van der Waals surface area contributed by atoms with E-state index in [0.29, 0.717) is 13.1 Å². The van der Waals surface area contributed by atoms with Gasteiger partial charge in [0.25, 0.3) is 0 Å². The molecule has 0 aliphatic carbocycles. The molecule has 1 aliphatic heterocycles. The molecule has 0 atom stereocenters. The Morgan fingerprint density at radius 3 is 2.44 bits per heavy atom. The summed E-state index contributed by atoms with van der Waals surface area (Å²) in [5, 5.41) is 5.69. The highest BCUT2D eigenvalue weighted by atomic mass is 127. The molecule has 0 saturated carbocycles. The quantitative estimate of drug-likeness (QED) is 0.292. The van der Waals surface area contributed by atoms with Gasteiger partial charge in [-0.2, -0.15) is 0 Å². The SMILES string of the molecule is CCc1ccc(CN(C)C(=NC)NCCN2C(=O)CNC2=O)cc1.I. The van der Waals surface area contributed by atoms with Crippen LogP contribution in [0.5, 0.6) is 0 Å². The van der Waals surface area contributed by atoms with E-state index < -0.39 is 0 Å². The maximum Gasteiger partial charge on any atom is 0.324 e. The number of hydrogen-bond donors (Lipinski definition) is 2. The smallest absolute Gasteiger partial charge is 0.324 e. The van der Waals surface area contributed by atoms with Crippen LogP contribution in [0.15, 0.2) is 29.3 Å². The zero-order valence-electron chi connectivity index (χ0n) is 14.9. The van der Waals surface area contributed by atoms with Gasteiger partial charge in [-0.25, -0.2) is 4.79 Å². The summed E-state index contributed by atoms with van der Waals surface area (Å²) < 4.78 is 0. The van der Waals surface area contributed by atoms with Crippen molar-refractivity contribution < 1.29 is 9.59 Å². The van der Waals surface area contributed by atoms with Crippen LogP contribution < -0.4 is 10.6 Å². The number of halogens is 1. The van der Waals surface area contributed by atoms with Crippen molar-refractivity contribution in [3.8, 4) is 0 Å². The van der Waals surface area contributed by atoms with Crippen molar-refractivity contribution in [2.24, 2.45) is 4.99 Å². The molecule has 138 valence electrons. The van der Waals surface area contributed by atoms with Crippen LogP contribution in [0, 0.1) is 0 Å². The molecule has 1 fully saturated rings. The van der Waals surface area contributed by atoms with Gasteiger partial charge in [-0.1, -0.05) is 31.2 Å². The number of rotatable bonds is 6. The number of nitrogens with one attached hydrogen (secondary N) is 2. The molecule has 25 heavy (non-hydrogen) atoms. The lowest BCUT2D eigenvalue weighted by Crippen LogP contribution is -2.43. The van der Waals surface area contributed by atoms with Gasteiger partial charge in [0, 0.05) is 33.7 Å². The fourth-order valence-corrected chi connectivity index (χ4v) is 2.57. The zero-order chi connectivity index (χ0) is 17.5. The van der Waals surface area contributed by atoms with Crippen molar-refractivity contribution in [2.75, 3.05) is 33.7 Å². The summed E-state index contributed by atoms with van der Waals surface area (Å²) in [6, 6.07) is 8.18. The second-order valence-electron chi connectivity index (χ2n) is 5.70. The first-order valence-electron chi connectivity index (χ1n) is 8.13. The maximum atomic E-state index is 11.5. The highest BCUT2D eigenvalue weighted by Crippen LogP contribution is 2.07. The third kappa shape index (κ3) is 5.87. The number of carbonyl (C=O) groups is 2. The Balaban J connectivity index is 0.00000312. The first-order valence-corrected chi connectivity index (χ1v) is 8.13. The third-order valence-electron chi connectivity index (χ3n) is 3.98. The second kappa shape index (κ2) is 10.2. The number of benzene rings is 1. The molecule has 3 amide bonds. The molecule has 0 spiro atoms. The summed E-state index contributed by atoms with van der Waals surface area (Å²) in [6.45, 7) is 3.74. The van der Waals surface area contributed by atoms with E-state index in [2.05, 4.69) is 46.8 Å². The van der Waals surface area contributed by atoms with E-state index in [-0.39, 0.29) is 42.5 Å². The van der Waals surface area contributed by atoms with Crippen LogP contribution in [0.3, 0.4) is 0 Å². The molecule has 1 heterocycles. The number of aryl methyl sites for hydroxylation is 1. The monoisotopic (exact) mass is 459 g/mol. The Bertz CT molecular complexity index is 602. The number of guanidine groups is 1. The third-order valence-corrected chi connectivity index (χ3v) is 3.98. The van der Waals surface area contributed by atoms with Crippen molar-refractivity contribution in [2.45, 2.75) is 19.9 Å². The molecule has 0 radical (unpaired) electrons. The molecule has 0 unspecified atom stereocenters. The van der Waals surface area contributed by atoms with Crippen molar-refractivity contribution in [1.82, 2.24) is 20.4 Å². The second-order valence-corrected chi connectivity index (χ2v) is 5.70. The Morgan fingerprint density at radius 1 is 1.28 bits per heavy atom. The van der Waals surface area contributed by atoms with E-state index in [9.17, 15) is 9.59 Å². The van der Waals surface area contributed by atoms with Crippen molar-refractivity contribution in [1.29, 1.82) is 0 Å². The number of amides is 3. The molecule has 8 heteroatoms. The summed E-state index contributed by atoms with van der Waals surface area (Å²) in [5.41, 5.74) is 2.52. The molecule has 1 aliphatic rings. The standard InChI is InChI=1S/C17H25N5O2.HI/c1-4-13-5-7-14(8-6-13)12-21(3)16(18-2)19-9-10-22-15(23)11-20-17(22)24;/h5-8H,4,9-12H2,1-3H3,(H,18,19)(H,20,24);1H. The highest BCUT2D eigenvalue weighted by molar-refractivity contribution is 14.0. The van der Waals surface area contributed by atoms with Gasteiger partial charge in [0.2, 0.25) is 5.91 Å². The molecule has 1 saturated heterocycles. The van der Waals surface area contributed by atoms with Crippen LogP contribution in [0.1, 0.15) is 18.1 Å².